The second kappa shape index (κ2) is 9.84. The van der Waals surface area contributed by atoms with E-state index in [0.717, 1.165) is 72.0 Å². The van der Waals surface area contributed by atoms with Crippen LogP contribution in [0.15, 0.2) is 167 Å². The Morgan fingerprint density at radius 3 is 2.21 bits per heavy atom. The molecule has 9 aromatic rings. The van der Waals surface area contributed by atoms with Crippen molar-refractivity contribution in [2.45, 2.75) is 0 Å². The fourth-order valence-electron chi connectivity index (χ4n) is 7.35. The third-order valence-electron chi connectivity index (χ3n) is 9.56. The fraction of sp³-hybridized carbons (Fsp3) is 0. The normalized spacial score (nSPS) is 14.7. The number of para-hydroxylation sites is 1. The maximum Gasteiger partial charge on any atom is 0.147 e. The molecule has 47 heavy (non-hydrogen) atoms. The van der Waals surface area contributed by atoms with Crippen LogP contribution in [0.4, 0.5) is 11.4 Å². The fourth-order valence-corrected chi connectivity index (χ4v) is 7.35. The standard InChI is InChI=1S/C44H27NO2/c1-27-10-8-9-23-45(39-16-7-6-12-31(27)39)30-18-21-40-37(26-30)35-19-22-42-43(44(35)47-40)38-25-29(17-20-41(38)46-42)36-24-28-11-2-3-13-32(28)33-14-4-5-15-34(33)36/h2-26H,1H2/b10-8-,23-9-. The summed E-state index contributed by atoms with van der Waals surface area (Å²) in [5, 5.41) is 9.16. The molecule has 3 heterocycles. The number of anilines is 2. The van der Waals surface area contributed by atoms with Crippen molar-refractivity contribution in [2.24, 2.45) is 0 Å². The average Bonchev–Trinajstić information content (AvgIpc) is 3.68. The monoisotopic (exact) mass is 601 g/mol. The van der Waals surface area contributed by atoms with Gasteiger partial charge in [0.1, 0.15) is 22.3 Å². The van der Waals surface area contributed by atoms with Gasteiger partial charge in [0.2, 0.25) is 0 Å². The third kappa shape index (κ3) is 3.87. The largest absolute Gasteiger partial charge is 0.456 e. The maximum absolute atomic E-state index is 6.66. The van der Waals surface area contributed by atoms with Gasteiger partial charge in [-0.05, 0) is 98.9 Å². The Morgan fingerprint density at radius 2 is 1.28 bits per heavy atom. The van der Waals surface area contributed by atoms with Crippen LogP contribution < -0.4 is 4.90 Å². The van der Waals surface area contributed by atoms with Crippen molar-refractivity contribution in [1.82, 2.24) is 0 Å². The van der Waals surface area contributed by atoms with Crippen LogP contribution in [0.2, 0.25) is 0 Å². The lowest BCUT2D eigenvalue weighted by Crippen LogP contribution is -2.11. The van der Waals surface area contributed by atoms with Gasteiger partial charge in [-0.25, -0.2) is 0 Å². The molecule has 7 aromatic carbocycles. The van der Waals surface area contributed by atoms with Gasteiger partial charge in [-0.1, -0.05) is 91.5 Å². The van der Waals surface area contributed by atoms with Crippen LogP contribution in [-0.4, -0.2) is 0 Å². The summed E-state index contributed by atoms with van der Waals surface area (Å²) >= 11 is 0. The summed E-state index contributed by atoms with van der Waals surface area (Å²) in [6.45, 7) is 4.30. The molecule has 0 N–H and O–H groups in total. The van der Waals surface area contributed by atoms with Crippen LogP contribution in [0.1, 0.15) is 5.56 Å². The number of allylic oxidation sites excluding steroid dienone is 4. The highest BCUT2D eigenvalue weighted by Crippen LogP contribution is 2.43. The van der Waals surface area contributed by atoms with E-state index >= 15 is 0 Å². The second-order valence-electron chi connectivity index (χ2n) is 12.2. The third-order valence-corrected chi connectivity index (χ3v) is 9.56. The predicted molar refractivity (Wildman–Crippen MR) is 197 cm³/mol. The quantitative estimate of drug-likeness (QED) is 0.185. The van der Waals surface area contributed by atoms with Crippen LogP contribution >= 0.6 is 0 Å². The highest BCUT2D eigenvalue weighted by Gasteiger charge is 2.20. The molecule has 0 atom stereocenters. The van der Waals surface area contributed by atoms with Gasteiger partial charge < -0.3 is 13.7 Å². The van der Waals surface area contributed by atoms with Gasteiger partial charge in [-0.2, -0.15) is 0 Å². The molecular formula is C44H27NO2. The van der Waals surface area contributed by atoms with Gasteiger partial charge in [-0.3, -0.25) is 0 Å². The number of fused-ring (bicyclic) bond motifs is 11. The number of hydrogen-bond donors (Lipinski definition) is 0. The molecule has 10 rings (SSSR count). The molecule has 0 radical (unpaired) electrons. The van der Waals surface area contributed by atoms with Crippen LogP contribution in [0.25, 0.3) is 82.1 Å². The summed E-state index contributed by atoms with van der Waals surface area (Å²) in [5.41, 5.74) is 9.92. The molecular weight excluding hydrogens is 574 g/mol. The Labute approximate surface area is 270 Å². The molecule has 1 aliphatic heterocycles. The number of benzene rings is 7. The first kappa shape index (κ1) is 26.0. The highest BCUT2D eigenvalue weighted by molar-refractivity contribution is 6.23. The Kier molecular flexibility index (Phi) is 5.43. The molecule has 0 fully saturated rings. The Morgan fingerprint density at radius 1 is 0.511 bits per heavy atom. The van der Waals surface area contributed by atoms with Gasteiger partial charge in [0.15, 0.2) is 0 Å². The van der Waals surface area contributed by atoms with E-state index < -0.39 is 0 Å². The summed E-state index contributed by atoms with van der Waals surface area (Å²) in [6, 6.07) is 45.1. The maximum atomic E-state index is 6.66. The van der Waals surface area contributed by atoms with E-state index in [-0.39, 0.29) is 0 Å². The molecule has 220 valence electrons. The molecule has 0 saturated heterocycles. The first-order chi connectivity index (χ1) is 23.2. The lowest BCUT2D eigenvalue weighted by molar-refractivity contribution is 0.663. The van der Waals surface area contributed by atoms with E-state index in [1.165, 1.54) is 27.1 Å². The zero-order valence-corrected chi connectivity index (χ0v) is 25.4. The van der Waals surface area contributed by atoms with Crippen LogP contribution in [0.5, 0.6) is 0 Å². The summed E-state index contributed by atoms with van der Waals surface area (Å²) in [5.74, 6) is 0. The number of furan rings is 2. The van der Waals surface area contributed by atoms with E-state index in [4.69, 9.17) is 8.83 Å². The summed E-state index contributed by atoms with van der Waals surface area (Å²) in [4.78, 5) is 2.22. The van der Waals surface area contributed by atoms with Crippen LogP contribution in [0.3, 0.4) is 0 Å². The Bertz CT molecular complexity index is 2830. The first-order valence-corrected chi connectivity index (χ1v) is 15.9. The van der Waals surface area contributed by atoms with Gasteiger partial charge in [0.05, 0.1) is 11.1 Å². The first-order valence-electron chi connectivity index (χ1n) is 15.9. The molecule has 0 saturated carbocycles. The minimum atomic E-state index is 0.818. The second-order valence-corrected chi connectivity index (χ2v) is 12.2. The van der Waals surface area contributed by atoms with Gasteiger partial charge >= 0.3 is 0 Å². The number of nitrogens with zero attached hydrogens (tertiary/aromatic N) is 1. The lowest BCUT2D eigenvalue weighted by atomic mass is 9.92. The zero-order chi connectivity index (χ0) is 31.1. The van der Waals surface area contributed by atoms with E-state index in [0.29, 0.717) is 0 Å². The van der Waals surface area contributed by atoms with E-state index in [1.54, 1.807) is 0 Å². The molecule has 0 bridgehead atoms. The smallest absolute Gasteiger partial charge is 0.147 e. The molecule has 0 unspecified atom stereocenters. The van der Waals surface area contributed by atoms with Crippen molar-refractivity contribution in [3.8, 4) is 11.1 Å². The van der Waals surface area contributed by atoms with E-state index in [9.17, 15) is 0 Å². The van der Waals surface area contributed by atoms with Crippen molar-refractivity contribution in [2.75, 3.05) is 4.90 Å². The van der Waals surface area contributed by atoms with Crippen molar-refractivity contribution in [3.05, 3.63) is 164 Å². The molecule has 3 heteroatoms. The van der Waals surface area contributed by atoms with Crippen LogP contribution in [-0.2, 0) is 0 Å². The van der Waals surface area contributed by atoms with Crippen molar-refractivity contribution in [3.63, 3.8) is 0 Å². The Balaban J connectivity index is 1.18. The molecule has 1 aliphatic rings. The van der Waals surface area contributed by atoms with Gasteiger partial charge in [0.25, 0.3) is 0 Å². The lowest BCUT2D eigenvalue weighted by Gasteiger charge is -2.25. The Hall–Kier alpha value is -6.32. The minimum absolute atomic E-state index is 0.818. The highest BCUT2D eigenvalue weighted by atomic mass is 16.3. The summed E-state index contributed by atoms with van der Waals surface area (Å²) in [7, 11) is 0. The van der Waals surface area contributed by atoms with E-state index in [2.05, 4.69) is 151 Å². The summed E-state index contributed by atoms with van der Waals surface area (Å²) in [6.07, 6.45) is 8.24. The molecule has 0 spiro atoms. The average molecular weight is 602 g/mol. The van der Waals surface area contributed by atoms with Gasteiger partial charge in [0, 0.05) is 33.6 Å². The van der Waals surface area contributed by atoms with Crippen LogP contribution in [0, 0.1) is 0 Å². The van der Waals surface area contributed by atoms with Crippen molar-refractivity contribution >= 4 is 82.4 Å². The van der Waals surface area contributed by atoms with E-state index in [1.807, 2.05) is 12.2 Å². The molecule has 0 aliphatic carbocycles. The van der Waals surface area contributed by atoms with Crippen molar-refractivity contribution in [1.29, 1.82) is 0 Å². The van der Waals surface area contributed by atoms with Crippen molar-refractivity contribution < 1.29 is 8.83 Å². The van der Waals surface area contributed by atoms with Gasteiger partial charge in [-0.15, -0.1) is 0 Å². The number of hydrogen-bond acceptors (Lipinski definition) is 3. The SMILES string of the molecule is C=C1/C=C\C=C/N(c2ccc3oc4c(ccc5oc6ccc(-c7cc8ccccc8c8ccccc78)cc6c54)c3c2)c2ccccc21. The summed E-state index contributed by atoms with van der Waals surface area (Å²) < 4.78 is 13.1. The molecule has 2 aromatic heterocycles. The molecule has 0 amide bonds. The topological polar surface area (TPSA) is 29.5 Å². The minimum Gasteiger partial charge on any atom is -0.456 e. The number of rotatable bonds is 2. The zero-order valence-electron chi connectivity index (χ0n) is 25.4. The molecule has 3 nitrogen and oxygen atoms in total. The predicted octanol–water partition coefficient (Wildman–Crippen LogP) is 12.7.